The van der Waals surface area contributed by atoms with Gasteiger partial charge < -0.3 is 5.11 Å². The lowest BCUT2D eigenvalue weighted by Gasteiger charge is -2.17. The fourth-order valence-corrected chi connectivity index (χ4v) is 1.76. The minimum absolute atomic E-state index is 0.0260. The van der Waals surface area contributed by atoms with Crippen molar-refractivity contribution in [3.8, 4) is 0 Å². The molecule has 0 spiro atoms. The van der Waals surface area contributed by atoms with Gasteiger partial charge in [-0.3, -0.25) is 0 Å². The summed E-state index contributed by atoms with van der Waals surface area (Å²) in [5.74, 6) is -0.621. The van der Waals surface area contributed by atoms with Gasteiger partial charge in [-0.25, -0.2) is 4.79 Å². The fraction of sp³-hybridized carbons (Fsp3) is 0.667. The van der Waals surface area contributed by atoms with Gasteiger partial charge in [-0.15, -0.1) is 0 Å². The second kappa shape index (κ2) is 4.51. The summed E-state index contributed by atoms with van der Waals surface area (Å²) in [4.78, 5) is 10.4. The molecule has 3 heteroatoms. The van der Waals surface area contributed by atoms with Crippen LogP contribution >= 0.6 is 11.6 Å². The monoisotopic (exact) mass is 188 g/mol. The molecule has 0 aliphatic heterocycles. The van der Waals surface area contributed by atoms with Gasteiger partial charge in [0.15, 0.2) is 0 Å². The van der Waals surface area contributed by atoms with E-state index in [1.807, 2.05) is 0 Å². The van der Waals surface area contributed by atoms with Gasteiger partial charge in [0.25, 0.3) is 0 Å². The molecule has 0 saturated heterocycles. The maximum atomic E-state index is 10.4. The van der Waals surface area contributed by atoms with Crippen LogP contribution in [0.1, 0.15) is 32.1 Å². The van der Waals surface area contributed by atoms with Crippen LogP contribution in [0.4, 0.5) is 0 Å². The molecule has 0 bridgehead atoms. The average molecular weight is 189 g/mol. The van der Waals surface area contributed by atoms with Crippen molar-refractivity contribution in [3.63, 3.8) is 0 Å². The Kier molecular flexibility index (Phi) is 3.60. The molecule has 1 N–H and O–H groups in total. The Balaban J connectivity index is 2.47. The fourth-order valence-electron chi connectivity index (χ4n) is 1.58. The van der Waals surface area contributed by atoms with Crippen LogP contribution in [0, 0.1) is 5.92 Å². The molecule has 2 nitrogen and oxygen atoms in total. The molecular weight excluding hydrogens is 176 g/mol. The number of allylic oxidation sites excluding steroid dienone is 1. The minimum atomic E-state index is -1.01. The molecule has 0 unspecified atom stereocenters. The molecule has 12 heavy (non-hydrogen) atoms. The zero-order valence-electron chi connectivity index (χ0n) is 6.92. The first-order valence-electron chi connectivity index (χ1n) is 4.31. The molecule has 0 amide bonds. The van der Waals surface area contributed by atoms with E-state index in [-0.39, 0.29) is 5.03 Å². The third kappa shape index (κ3) is 2.86. The Morgan fingerprint density at radius 3 is 2.42 bits per heavy atom. The molecule has 0 heterocycles. The van der Waals surface area contributed by atoms with Gasteiger partial charge in [-0.05, 0) is 18.8 Å². The first-order valence-corrected chi connectivity index (χ1v) is 4.68. The largest absolute Gasteiger partial charge is 0.477 e. The highest BCUT2D eigenvalue weighted by Gasteiger charge is 2.13. The van der Waals surface area contributed by atoms with Gasteiger partial charge >= 0.3 is 5.97 Å². The summed E-state index contributed by atoms with van der Waals surface area (Å²) in [6.45, 7) is 0. The van der Waals surface area contributed by atoms with Crippen LogP contribution in [0.5, 0.6) is 0 Å². The number of hydrogen-bond acceptors (Lipinski definition) is 1. The van der Waals surface area contributed by atoms with E-state index in [1.165, 1.54) is 19.3 Å². The molecule has 0 aromatic carbocycles. The summed E-state index contributed by atoms with van der Waals surface area (Å²) in [7, 11) is 0. The van der Waals surface area contributed by atoms with Crippen LogP contribution in [0.2, 0.25) is 0 Å². The van der Waals surface area contributed by atoms with Crippen LogP contribution in [0.3, 0.4) is 0 Å². The third-order valence-electron chi connectivity index (χ3n) is 2.24. The molecule has 1 aliphatic rings. The maximum Gasteiger partial charge on any atom is 0.346 e. The highest BCUT2D eigenvalue weighted by Crippen LogP contribution is 2.26. The van der Waals surface area contributed by atoms with Gasteiger partial charge in [0, 0.05) is 0 Å². The number of carbonyl (C=O) groups is 1. The third-order valence-corrected chi connectivity index (χ3v) is 2.52. The summed E-state index contributed by atoms with van der Waals surface area (Å²) in [6.07, 6.45) is 7.53. The molecule has 0 atom stereocenters. The smallest absolute Gasteiger partial charge is 0.346 e. The second-order valence-electron chi connectivity index (χ2n) is 3.22. The molecule has 1 fully saturated rings. The van der Waals surface area contributed by atoms with E-state index in [0.717, 1.165) is 12.8 Å². The molecular formula is C9H13ClO2. The topological polar surface area (TPSA) is 37.3 Å². The van der Waals surface area contributed by atoms with E-state index in [9.17, 15) is 4.79 Å². The summed E-state index contributed by atoms with van der Waals surface area (Å²) >= 11 is 5.51. The van der Waals surface area contributed by atoms with E-state index in [4.69, 9.17) is 16.7 Å². The van der Waals surface area contributed by atoms with Gasteiger partial charge in [-0.2, -0.15) is 0 Å². The molecule has 0 radical (unpaired) electrons. The first-order chi connectivity index (χ1) is 5.70. The van der Waals surface area contributed by atoms with Crippen LogP contribution in [0.25, 0.3) is 0 Å². The van der Waals surface area contributed by atoms with E-state index < -0.39 is 5.97 Å². The molecule has 0 aromatic rings. The lowest BCUT2D eigenvalue weighted by atomic mass is 9.89. The summed E-state index contributed by atoms with van der Waals surface area (Å²) < 4.78 is 0. The van der Waals surface area contributed by atoms with Crippen molar-refractivity contribution in [1.29, 1.82) is 0 Å². The lowest BCUT2D eigenvalue weighted by Crippen LogP contribution is -2.05. The van der Waals surface area contributed by atoms with Crippen molar-refractivity contribution in [2.75, 3.05) is 0 Å². The van der Waals surface area contributed by atoms with Crippen LogP contribution < -0.4 is 0 Å². The maximum absolute atomic E-state index is 10.4. The van der Waals surface area contributed by atoms with Crippen molar-refractivity contribution in [2.45, 2.75) is 32.1 Å². The molecule has 1 rings (SSSR count). The highest BCUT2D eigenvalue weighted by molar-refractivity contribution is 6.40. The molecule has 1 aliphatic carbocycles. The van der Waals surface area contributed by atoms with E-state index in [1.54, 1.807) is 6.08 Å². The van der Waals surface area contributed by atoms with E-state index >= 15 is 0 Å². The Hall–Kier alpha value is -0.500. The zero-order chi connectivity index (χ0) is 8.97. The van der Waals surface area contributed by atoms with Crippen molar-refractivity contribution < 1.29 is 9.90 Å². The summed E-state index contributed by atoms with van der Waals surface area (Å²) in [6, 6.07) is 0. The van der Waals surface area contributed by atoms with Crippen LogP contribution in [-0.2, 0) is 4.79 Å². The van der Waals surface area contributed by atoms with Crippen molar-refractivity contribution in [1.82, 2.24) is 0 Å². The number of rotatable bonds is 2. The van der Waals surface area contributed by atoms with Gasteiger partial charge in [0.05, 0.1) is 0 Å². The van der Waals surface area contributed by atoms with Gasteiger partial charge in [-0.1, -0.05) is 36.9 Å². The SMILES string of the molecule is O=C(O)C(Cl)=CC1CCCCC1. The average Bonchev–Trinajstić information content (AvgIpc) is 2.06. The Labute approximate surface area is 77.2 Å². The quantitative estimate of drug-likeness (QED) is 0.677. The van der Waals surface area contributed by atoms with Gasteiger partial charge in [0.2, 0.25) is 0 Å². The Morgan fingerprint density at radius 2 is 1.92 bits per heavy atom. The standard InChI is InChI=1S/C9H13ClO2/c10-8(9(11)12)6-7-4-2-1-3-5-7/h6-7H,1-5H2,(H,11,12). The lowest BCUT2D eigenvalue weighted by molar-refractivity contribution is -0.131. The van der Waals surface area contributed by atoms with E-state index in [0.29, 0.717) is 5.92 Å². The summed E-state index contributed by atoms with van der Waals surface area (Å²) in [5.41, 5.74) is 0. The number of halogens is 1. The highest BCUT2D eigenvalue weighted by atomic mass is 35.5. The molecule has 0 aromatic heterocycles. The van der Waals surface area contributed by atoms with Gasteiger partial charge in [0.1, 0.15) is 5.03 Å². The number of aliphatic carboxylic acids is 1. The second-order valence-corrected chi connectivity index (χ2v) is 3.63. The molecule has 1 saturated carbocycles. The Morgan fingerprint density at radius 1 is 1.33 bits per heavy atom. The normalized spacial score (nSPS) is 20.9. The van der Waals surface area contributed by atoms with Crippen molar-refractivity contribution >= 4 is 17.6 Å². The number of carboxylic acid groups (broad SMARTS) is 1. The van der Waals surface area contributed by atoms with Crippen molar-refractivity contribution in [2.24, 2.45) is 5.92 Å². The van der Waals surface area contributed by atoms with E-state index in [2.05, 4.69) is 0 Å². The minimum Gasteiger partial charge on any atom is -0.477 e. The van der Waals surface area contributed by atoms with Crippen LogP contribution in [0.15, 0.2) is 11.1 Å². The summed E-state index contributed by atoms with van der Waals surface area (Å²) in [5, 5.41) is 8.49. The number of carboxylic acids is 1. The zero-order valence-corrected chi connectivity index (χ0v) is 7.68. The molecule has 68 valence electrons. The first kappa shape index (κ1) is 9.59. The van der Waals surface area contributed by atoms with Crippen LogP contribution in [-0.4, -0.2) is 11.1 Å². The predicted octanol–water partition coefficient (Wildman–Crippen LogP) is 2.77. The number of hydrogen-bond donors (Lipinski definition) is 1. The van der Waals surface area contributed by atoms with Crippen molar-refractivity contribution in [3.05, 3.63) is 11.1 Å². The predicted molar refractivity (Wildman–Crippen MR) is 48.1 cm³/mol. The Bertz CT molecular complexity index is 193.